The van der Waals surface area contributed by atoms with Crippen LogP contribution in [0.15, 0.2) is 36.4 Å². The lowest BCUT2D eigenvalue weighted by Crippen LogP contribution is -2.55. The van der Waals surface area contributed by atoms with E-state index in [0.29, 0.717) is 0 Å². The van der Waals surface area contributed by atoms with Crippen LogP contribution in [0.3, 0.4) is 0 Å². The largest absolute Gasteiger partial charge is 0.324 e. The Morgan fingerprint density at radius 1 is 1.07 bits per heavy atom. The number of rotatable bonds is 3. The number of nitrogens with zero attached hydrogens (tertiary/aromatic N) is 1. The molecule has 1 aliphatic heterocycles. The second-order valence-corrected chi connectivity index (χ2v) is 11.0. The van der Waals surface area contributed by atoms with Gasteiger partial charge in [-0.05, 0) is 57.4 Å². The maximum atomic E-state index is 13.6. The smallest absolute Gasteiger partial charge is 0.248 e. The summed E-state index contributed by atoms with van der Waals surface area (Å²) in [5.41, 5.74) is 5.28. The Kier molecular flexibility index (Phi) is 5.41. The zero-order valence-electron chi connectivity index (χ0n) is 18.2. The van der Waals surface area contributed by atoms with Crippen molar-refractivity contribution in [3.05, 3.63) is 58.7 Å². The minimum atomic E-state index is -0.783. The van der Waals surface area contributed by atoms with Gasteiger partial charge in [-0.25, -0.2) is 0 Å². The van der Waals surface area contributed by atoms with Crippen LogP contribution in [0.2, 0.25) is 0 Å². The highest BCUT2D eigenvalue weighted by molar-refractivity contribution is 9.10. The molecule has 0 saturated heterocycles. The summed E-state index contributed by atoms with van der Waals surface area (Å²) in [6, 6.07) is 11.3. The molecule has 1 unspecified atom stereocenters. The molecule has 0 bridgehead atoms. The van der Waals surface area contributed by atoms with Gasteiger partial charge in [-0.15, -0.1) is 0 Å². The van der Waals surface area contributed by atoms with Gasteiger partial charge in [0, 0.05) is 16.8 Å². The van der Waals surface area contributed by atoms with Crippen LogP contribution >= 0.6 is 15.9 Å². The Bertz CT molecular complexity index is 966. The Morgan fingerprint density at radius 3 is 2.17 bits per heavy atom. The fraction of sp³-hybridized carbons (Fsp3) is 0.417. The molecule has 3 rings (SSSR count). The molecule has 1 atom stereocenters. The van der Waals surface area contributed by atoms with E-state index in [1.54, 1.807) is 4.90 Å². The molecule has 2 aromatic rings. The van der Waals surface area contributed by atoms with Crippen LogP contribution in [0, 0.1) is 20.8 Å². The first-order valence-corrected chi connectivity index (χ1v) is 10.7. The van der Waals surface area contributed by atoms with Crippen LogP contribution in [0.1, 0.15) is 49.9 Å². The van der Waals surface area contributed by atoms with Crippen LogP contribution in [0.5, 0.6) is 0 Å². The van der Waals surface area contributed by atoms with Crippen molar-refractivity contribution in [2.75, 3.05) is 10.2 Å². The number of alkyl halides is 1. The van der Waals surface area contributed by atoms with E-state index in [0.717, 1.165) is 33.6 Å². The van der Waals surface area contributed by atoms with E-state index >= 15 is 0 Å². The second-order valence-electron chi connectivity index (χ2n) is 9.05. The molecular weight excluding hydrogens is 428 g/mol. The Morgan fingerprint density at radius 2 is 1.62 bits per heavy atom. The van der Waals surface area contributed by atoms with Crippen molar-refractivity contribution >= 4 is 39.1 Å². The van der Waals surface area contributed by atoms with Crippen molar-refractivity contribution in [2.45, 2.75) is 64.2 Å². The highest BCUT2D eigenvalue weighted by atomic mass is 79.9. The van der Waals surface area contributed by atoms with E-state index in [4.69, 9.17) is 0 Å². The summed E-state index contributed by atoms with van der Waals surface area (Å²) in [6.45, 7) is 13.7. The molecule has 2 aromatic carbocycles. The fourth-order valence-corrected chi connectivity index (χ4v) is 4.56. The van der Waals surface area contributed by atoms with Gasteiger partial charge >= 0.3 is 0 Å². The third-order valence-corrected chi connectivity index (χ3v) is 6.04. The monoisotopic (exact) mass is 456 g/mol. The maximum Gasteiger partial charge on any atom is 0.248 e. The average molecular weight is 457 g/mol. The molecule has 0 spiro atoms. The van der Waals surface area contributed by atoms with E-state index in [1.807, 2.05) is 72.7 Å². The van der Waals surface area contributed by atoms with Gasteiger partial charge in [-0.2, -0.15) is 0 Å². The van der Waals surface area contributed by atoms with Crippen LogP contribution in [0.4, 0.5) is 11.4 Å². The molecule has 0 aromatic heterocycles. The summed E-state index contributed by atoms with van der Waals surface area (Å²) in [7, 11) is 0. The van der Waals surface area contributed by atoms with Gasteiger partial charge < -0.3 is 5.32 Å². The minimum absolute atomic E-state index is 0.131. The Labute approximate surface area is 181 Å². The molecule has 0 aliphatic carbocycles. The van der Waals surface area contributed by atoms with Gasteiger partial charge in [0.05, 0.1) is 4.32 Å². The molecule has 29 heavy (non-hydrogen) atoms. The SMILES string of the molecule is Cc1cc(C)c(NC(=O)C2N(C(=O)C(C)(C)Br)c3ccccc3C2(C)C)c(C)c1. The summed E-state index contributed by atoms with van der Waals surface area (Å²) in [4.78, 5) is 28.6. The van der Waals surface area contributed by atoms with E-state index < -0.39 is 15.8 Å². The number of carbonyl (C=O) groups is 2. The van der Waals surface area contributed by atoms with Crippen LogP contribution in [-0.4, -0.2) is 22.2 Å². The summed E-state index contributed by atoms with van der Waals surface area (Å²) >= 11 is 3.50. The molecule has 0 saturated carbocycles. The lowest BCUT2D eigenvalue weighted by atomic mass is 9.80. The van der Waals surface area contributed by atoms with Crippen LogP contribution in [-0.2, 0) is 15.0 Å². The first kappa shape index (κ1) is 21.6. The summed E-state index contributed by atoms with van der Waals surface area (Å²) in [5.74, 6) is -0.306. The highest BCUT2D eigenvalue weighted by Gasteiger charge is 2.52. The van der Waals surface area contributed by atoms with Gasteiger partial charge in [-0.1, -0.05) is 65.7 Å². The molecule has 1 heterocycles. The van der Waals surface area contributed by atoms with Crippen LogP contribution in [0.25, 0.3) is 0 Å². The maximum absolute atomic E-state index is 13.6. The molecule has 4 nitrogen and oxygen atoms in total. The molecule has 0 fully saturated rings. The first-order chi connectivity index (χ1) is 13.4. The lowest BCUT2D eigenvalue weighted by Gasteiger charge is -2.35. The summed E-state index contributed by atoms with van der Waals surface area (Å²) in [6.07, 6.45) is 0. The lowest BCUT2D eigenvalue weighted by molar-refractivity contribution is -0.125. The third-order valence-electron chi connectivity index (χ3n) is 5.70. The zero-order valence-corrected chi connectivity index (χ0v) is 19.8. The van der Waals surface area contributed by atoms with Crippen molar-refractivity contribution in [3.63, 3.8) is 0 Å². The number of hydrogen-bond donors (Lipinski definition) is 1. The average Bonchev–Trinajstić information content (AvgIpc) is 2.84. The Balaban J connectivity index is 2.08. The van der Waals surface area contributed by atoms with Gasteiger partial charge in [0.2, 0.25) is 11.8 Å². The molecule has 0 radical (unpaired) electrons. The first-order valence-electron chi connectivity index (χ1n) is 9.86. The highest BCUT2D eigenvalue weighted by Crippen LogP contribution is 2.47. The van der Waals surface area contributed by atoms with Crippen molar-refractivity contribution in [1.82, 2.24) is 0 Å². The van der Waals surface area contributed by atoms with E-state index in [9.17, 15) is 9.59 Å². The number of anilines is 2. The van der Waals surface area contributed by atoms with E-state index in [2.05, 4.69) is 33.4 Å². The predicted octanol–water partition coefficient (Wildman–Crippen LogP) is 5.42. The summed E-state index contributed by atoms with van der Waals surface area (Å²) in [5, 5.41) is 3.13. The quantitative estimate of drug-likeness (QED) is 0.626. The van der Waals surface area contributed by atoms with E-state index in [1.165, 1.54) is 0 Å². The minimum Gasteiger partial charge on any atom is -0.324 e. The van der Waals surface area contributed by atoms with E-state index in [-0.39, 0.29) is 11.8 Å². The number of nitrogens with one attached hydrogen (secondary N) is 1. The predicted molar refractivity (Wildman–Crippen MR) is 123 cm³/mol. The number of halogens is 1. The van der Waals surface area contributed by atoms with Gasteiger partial charge in [0.25, 0.3) is 0 Å². The number of fused-ring (bicyclic) bond motifs is 1. The third kappa shape index (κ3) is 3.73. The number of para-hydroxylation sites is 1. The molecule has 154 valence electrons. The molecule has 1 aliphatic rings. The molecule has 1 N–H and O–H groups in total. The topological polar surface area (TPSA) is 49.4 Å². The van der Waals surface area contributed by atoms with Gasteiger partial charge in [0.1, 0.15) is 6.04 Å². The Hall–Kier alpha value is -2.14. The number of benzene rings is 2. The second kappa shape index (κ2) is 7.28. The summed E-state index contributed by atoms with van der Waals surface area (Å²) < 4.78 is -0.783. The number of aryl methyl sites for hydroxylation is 3. The fourth-order valence-electron chi connectivity index (χ4n) is 4.36. The van der Waals surface area contributed by atoms with Crippen molar-refractivity contribution in [3.8, 4) is 0 Å². The molecule has 2 amide bonds. The van der Waals surface area contributed by atoms with Crippen molar-refractivity contribution in [2.24, 2.45) is 0 Å². The van der Waals surface area contributed by atoms with Crippen LogP contribution < -0.4 is 10.2 Å². The zero-order chi connectivity index (χ0) is 21.7. The normalized spacial score (nSPS) is 17.8. The van der Waals surface area contributed by atoms with Crippen molar-refractivity contribution in [1.29, 1.82) is 0 Å². The number of carbonyl (C=O) groups excluding carboxylic acids is 2. The molecule has 5 heteroatoms. The van der Waals surface area contributed by atoms with Crippen molar-refractivity contribution < 1.29 is 9.59 Å². The van der Waals surface area contributed by atoms with Gasteiger partial charge in [0.15, 0.2) is 0 Å². The number of hydrogen-bond acceptors (Lipinski definition) is 2. The molecular formula is C24H29BrN2O2. The number of amides is 2. The van der Waals surface area contributed by atoms with Gasteiger partial charge in [-0.3, -0.25) is 14.5 Å². The standard InChI is InChI=1S/C24H29BrN2O2/c1-14-12-15(2)19(16(3)13-14)26-21(28)20-23(4,5)17-10-8-9-11-18(17)27(20)22(29)24(6,7)25/h8-13,20H,1-7H3,(H,26,28).